The summed E-state index contributed by atoms with van der Waals surface area (Å²) in [4.78, 5) is 3.95. The zero-order valence-corrected chi connectivity index (χ0v) is 29.1. The van der Waals surface area contributed by atoms with E-state index in [-0.39, 0.29) is 74.5 Å². The van der Waals surface area contributed by atoms with Gasteiger partial charge in [-0.05, 0) is 103 Å². The standard InChI is InChI=1S/C28H33N3O4S2.2Na/c1-5-30(6-2)23-13-9-21(10-14-23)28(20-29,22-11-15-24(16-12-22)31(7-3)8-4)26-18-17-25(36(32)33)19-27(26)37(34)35;;/h9-19H,5-8H2,1-4H3,(H,32,33)(H,34,35);;/q;2*+1/p-2. The molecule has 11 heteroatoms. The molecule has 0 radical (unpaired) electrons. The molecule has 0 bridgehead atoms. The minimum atomic E-state index is -2.78. The normalized spacial score (nSPS) is 12.3. The Morgan fingerprint density at radius 3 is 1.44 bits per heavy atom. The number of hydrogen-bond donors (Lipinski definition) is 0. The van der Waals surface area contributed by atoms with E-state index in [4.69, 9.17) is 0 Å². The molecule has 39 heavy (non-hydrogen) atoms. The Labute approximate surface area is 281 Å². The van der Waals surface area contributed by atoms with E-state index in [1.807, 2.05) is 48.5 Å². The average Bonchev–Trinajstić information content (AvgIpc) is 2.92. The molecule has 3 aromatic carbocycles. The van der Waals surface area contributed by atoms with Crippen LogP contribution in [0.4, 0.5) is 11.4 Å². The summed E-state index contributed by atoms with van der Waals surface area (Å²) in [5.41, 5.74) is 1.85. The largest absolute Gasteiger partial charge is 1.00 e. The van der Waals surface area contributed by atoms with Crippen molar-refractivity contribution in [2.75, 3.05) is 36.0 Å². The first-order chi connectivity index (χ1) is 17.8. The van der Waals surface area contributed by atoms with Crippen LogP contribution in [0.2, 0.25) is 0 Å². The number of rotatable bonds is 11. The maximum atomic E-state index is 12.3. The van der Waals surface area contributed by atoms with Crippen LogP contribution in [0.5, 0.6) is 0 Å². The van der Waals surface area contributed by atoms with Crippen molar-refractivity contribution in [1.82, 2.24) is 0 Å². The van der Waals surface area contributed by atoms with Crippen LogP contribution in [0, 0.1) is 11.3 Å². The minimum absolute atomic E-state index is 0. The molecule has 0 spiro atoms. The molecule has 0 aliphatic carbocycles. The van der Waals surface area contributed by atoms with Gasteiger partial charge in [0.05, 0.1) is 6.07 Å². The first-order valence-electron chi connectivity index (χ1n) is 12.2. The van der Waals surface area contributed by atoms with Crippen LogP contribution in [0.3, 0.4) is 0 Å². The Morgan fingerprint density at radius 2 is 1.13 bits per heavy atom. The van der Waals surface area contributed by atoms with Gasteiger partial charge in [-0.2, -0.15) is 5.26 Å². The number of anilines is 2. The fourth-order valence-electron chi connectivity index (χ4n) is 4.74. The van der Waals surface area contributed by atoms with Crippen LogP contribution in [-0.4, -0.2) is 43.7 Å². The second-order valence-electron chi connectivity index (χ2n) is 8.43. The smallest absolute Gasteiger partial charge is 0.768 e. The van der Waals surface area contributed by atoms with Crippen molar-refractivity contribution in [3.8, 4) is 6.07 Å². The first-order valence-corrected chi connectivity index (χ1v) is 14.4. The zero-order chi connectivity index (χ0) is 27.2. The summed E-state index contributed by atoms with van der Waals surface area (Å²) in [7, 11) is 0. The Hall–Kier alpha value is -1.03. The molecule has 3 rings (SSSR count). The zero-order valence-electron chi connectivity index (χ0n) is 23.5. The van der Waals surface area contributed by atoms with Gasteiger partial charge in [0.2, 0.25) is 0 Å². The van der Waals surface area contributed by atoms with Crippen molar-refractivity contribution in [2.45, 2.75) is 42.9 Å². The molecule has 2 atom stereocenters. The molecule has 0 saturated carbocycles. The van der Waals surface area contributed by atoms with E-state index < -0.39 is 27.6 Å². The molecule has 2 unspecified atom stereocenters. The quantitative estimate of drug-likeness (QED) is 0.157. The van der Waals surface area contributed by atoms with E-state index in [9.17, 15) is 22.8 Å². The second-order valence-corrected chi connectivity index (χ2v) is 10.3. The molecule has 196 valence electrons. The fraction of sp³-hybridized carbons (Fsp3) is 0.321. The van der Waals surface area contributed by atoms with Crippen molar-refractivity contribution in [1.29, 1.82) is 5.26 Å². The minimum Gasteiger partial charge on any atom is -0.768 e. The summed E-state index contributed by atoms with van der Waals surface area (Å²) < 4.78 is 47.9. The summed E-state index contributed by atoms with van der Waals surface area (Å²) in [5.74, 6) is 0. The molecule has 0 aliphatic heterocycles. The Morgan fingerprint density at radius 1 is 0.718 bits per heavy atom. The molecular formula is C28H31N3Na2O4S2. The number of nitriles is 1. The number of nitrogens with zero attached hydrogens (tertiary/aromatic N) is 3. The van der Waals surface area contributed by atoms with E-state index in [2.05, 4.69) is 43.6 Å². The van der Waals surface area contributed by atoms with E-state index >= 15 is 0 Å². The van der Waals surface area contributed by atoms with Crippen LogP contribution in [0.1, 0.15) is 44.4 Å². The van der Waals surface area contributed by atoms with Gasteiger partial charge in [0.1, 0.15) is 5.41 Å². The SMILES string of the molecule is CCN(CC)c1ccc(C(C#N)(c2ccc(N(CC)CC)cc2)c2ccc(S(=O)[O-])cc2S(=O)[O-])cc1.[Na+].[Na+]. The Kier molecular flexibility index (Phi) is 15.2. The molecule has 0 amide bonds. The second kappa shape index (κ2) is 16.4. The maximum Gasteiger partial charge on any atom is 1.00 e. The van der Waals surface area contributed by atoms with Gasteiger partial charge in [0, 0.05) is 47.3 Å². The molecule has 0 heterocycles. The van der Waals surface area contributed by atoms with E-state index in [0.717, 1.165) is 43.6 Å². The third kappa shape index (κ3) is 7.63. The van der Waals surface area contributed by atoms with Gasteiger partial charge in [0.25, 0.3) is 0 Å². The predicted molar refractivity (Wildman–Crippen MR) is 146 cm³/mol. The molecule has 0 fully saturated rings. The van der Waals surface area contributed by atoms with Crippen molar-refractivity contribution in [2.24, 2.45) is 0 Å². The van der Waals surface area contributed by atoms with Crippen LogP contribution >= 0.6 is 0 Å². The van der Waals surface area contributed by atoms with Gasteiger partial charge >= 0.3 is 59.1 Å². The summed E-state index contributed by atoms with van der Waals surface area (Å²) in [6.45, 7) is 11.5. The maximum absolute atomic E-state index is 12.3. The molecular weight excluding hydrogens is 552 g/mol. The molecule has 0 N–H and O–H groups in total. The van der Waals surface area contributed by atoms with Crippen molar-refractivity contribution < 1.29 is 76.6 Å². The van der Waals surface area contributed by atoms with Gasteiger partial charge in [-0.15, -0.1) is 0 Å². The number of benzene rings is 3. The summed E-state index contributed by atoms with van der Waals surface area (Å²) in [6.07, 6.45) is 0. The fourth-order valence-corrected chi connectivity index (χ4v) is 5.83. The van der Waals surface area contributed by atoms with Crippen LogP contribution < -0.4 is 68.9 Å². The van der Waals surface area contributed by atoms with Crippen molar-refractivity contribution >= 4 is 33.5 Å². The van der Waals surface area contributed by atoms with Crippen LogP contribution in [0.15, 0.2) is 76.5 Å². The van der Waals surface area contributed by atoms with Crippen molar-refractivity contribution in [3.05, 3.63) is 83.4 Å². The molecule has 0 aromatic heterocycles. The topological polar surface area (TPSA) is 111 Å². The molecule has 0 saturated heterocycles. The predicted octanol–water partition coefficient (Wildman–Crippen LogP) is -1.28. The summed E-state index contributed by atoms with van der Waals surface area (Å²) in [6, 6.07) is 21.3. The van der Waals surface area contributed by atoms with Gasteiger partial charge < -0.3 is 18.9 Å². The Bertz CT molecular complexity index is 1250. The van der Waals surface area contributed by atoms with Gasteiger partial charge in [-0.1, -0.05) is 30.3 Å². The molecule has 7 nitrogen and oxygen atoms in total. The van der Waals surface area contributed by atoms with E-state index in [0.29, 0.717) is 11.1 Å². The van der Waals surface area contributed by atoms with Gasteiger partial charge in [-0.3, -0.25) is 8.42 Å². The monoisotopic (exact) mass is 583 g/mol. The van der Waals surface area contributed by atoms with Gasteiger partial charge in [0.15, 0.2) is 0 Å². The van der Waals surface area contributed by atoms with E-state index in [1.54, 1.807) is 0 Å². The average molecular weight is 584 g/mol. The van der Waals surface area contributed by atoms with Crippen LogP contribution in [-0.2, 0) is 27.6 Å². The summed E-state index contributed by atoms with van der Waals surface area (Å²) >= 11 is -5.40. The molecule has 0 aliphatic rings. The van der Waals surface area contributed by atoms with Crippen LogP contribution in [0.25, 0.3) is 0 Å². The van der Waals surface area contributed by atoms with E-state index in [1.165, 1.54) is 12.1 Å². The van der Waals surface area contributed by atoms with Crippen molar-refractivity contribution in [3.63, 3.8) is 0 Å². The summed E-state index contributed by atoms with van der Waals surface area (Å²) in [5, 5.41) is 10.8. The third-order valence-electron chi connectivity index (χ3n) is 6.75. The van der Waals surface area contributed by atoms with Gasteiger partial charge in [-0.25, -0.2) is 0 Å². The molecule has 3 aromatic rings. The third-order valence-corrected chi connectivity index (χ3v) is 8.09. The Balaban J connectivity index is 0.00000380. The number of hydrogen-bond acceptors (Lipinski definition) is 7. The first kappa shape index (κ1) is 36.0.